The molecule has 2 amide bonds. The van der Waals surface area contributed by atoms with Crippen LogP contribution < -0.4 is 21.7 Å². The zero-order chi connectivity index (χ0) is 19.9. The first-order valence-corrected chi connectivity index (χ1v) is 8.88. The minimum atomic E-state index is -0.308. The second-order valence-electron chi connectivity index (χ2n) is 6.30. The average molecular weight is 374 g/mol. The number of nitrogens with one attached hydrogen (secondary N) is 1. The van der Waals surface area contributed by atoms with E-state index in [2.05, 4.69) is 5.32 Å². The van der Waals surface area contributed by atoms with Crippen molar-refractivity contribution in [3.05, 3.63) is 90.0 Å². The summed E-state index contributed by atoms with van der Waals surface area (Å²) in [6, 6.07) is 23.0. The third kappa shape index (κ3) is 4.75. The lowest BCUT2D eigenvalue weighted by Crippen LogP contribution is -2.38. The molecule has 0 bridgehead atoms. The van der Waals surface area contributed by atoms with Gasteiger partial charge >= 0.3 is 0 Å². The largest absolute Gasteiger partial charge is 0.399 e. The maximum atomic E-state index is 13.1. The first-order valence-electron chi connectivity index (χ1n) is 8.88. The molecule has 0 radical (unpaired) electrons. The fraction of sp³-hybridized carbons (Fsp3) is 0.0909. The zero-order valence-electron chi connectivity index (χ0n) is 15.3. The summed E-state index contributed by atoms with van der Waals surface area (Å²) in [4.78, 5) is 27.2. The van der Waals surface area contributed by atoms with E-state index in [0.717, 1.165) is 5.56 Å². The van der Waals surface area contributed by atoms with Crippen LogP contribution in [0.2, 0.25) is 0 Å². The summed E-state index contributed by atoms with van der Waals surface area (Å²) in [5.74, 6) is -0.578. The second-order valence-corrected chi connectivity index (χ2v) is 6.30. The fourth-order valence-electron chi connectivity index (χ4n) is 2.79. The van der Waals surface area contributed by atoms with Crippen LogP contribution in [0.5, 0.6) is 0 Å². The molecular formula is C22H22N4O2. The molecule has 0 aliphatic rings. The molecule has 0 saturated carbocycles. The van der Waals surface area contributed by atoms with Crippen molar-refractivity contribution < 1.29 is 9.59 Å². The summed E-state index contributed by atoms with van der Waals surface area (Å²) in [5, 5.41) is 2.79. The van der Waals surface area contributed by atoms with Crippen molar-refractivity contribution in [2.45, 2.75) is 6.54 Å². The Morgan fingerprint density at radius 1 is 0.893 bits per heavy atom. The molecule has 5 N–H and O–H groups in total. The zero-order valence-corrected chi connectivity index (χ0v) is 15.3. The van der Waals surface area contributed by atoms with Gasteiger partial charge in [0.25, 0.3) is 5.91 Å². The van der Waals surface area contributed by atoms with Crippen LogP contribution in [0.1, 0.15) is 15.9 Å². The lowest BCUT2D eigenvalue weighted by Gasteiger charge is -2.23. The van der Waals surface area contributed by atoms with E-state index < -0.39 is 0 Å². The van der Waals surface area contributed by atoms with Gasteiger partial charge < -0.3 is 16.8 Å². The van der Waals surface area contributed by atoms with Gasteiger partial charge in [0.2, 0.25) is 5.91 Å². The van der Waals surface area contributed by atoms with Gasteiger partial charge in [0.05, 0.1) is 0 Å². The number of para-hydroxylation sites is 1. The Morgan fingerprint density at radius 2 is 1.61 bits per heavy atom. The number of nitrogen functional groups attached to an aromatic ring is 1. The molecule has 3 rings (SSSR count). The van der Waals surface area contributed by atoms with Gasteiger partial charge in [-0.05, 0) is 54.1 Å². The Morgan fingerprint density at radius 3 is 2.29 bits per heavy atom. The van der Waals surface area contributed by atoms with Crippen molar-refractivity contribution in [2.24, 2.45) is 5.73 Å². The predicted octanol–water partition coefficient (Wildman–Crippen LogP) is 3.01. The van der Waals surface area contributed by atoms with Crippen LogP contribution in [0, 0.1) is 0 Å². The molecule has 0 spiro atoms. The van der Waals surface area contributed by atoms with Crippen molar-refractivity contribution in [1.82, 2.24) is 0 Å². The Labute approximate surface area is 163 Å². The molecule has 6 nitrogen and oxygen atoms in total. The van der Waals surface area contributed by atoms with Gasteiger partial charge in [-0.1, -0.05) is 30.3 Å². The molecule has 3 aromatic rings. The Kier molecular flexibility index (Phi) is 6.04. The second kappa shape index (κ2) is 8.83. The highest BCUT2D eigenvalue weighted by Gasteiger charge is 2.21. The highest BCUT2D eigenvalue weighted by molar-refractivity contribution is 6.10. The number of carbonyl (C=O) groups is 2. The number of hydrogen-bond acceptors (Lipinski definition) is 4. The van der Waals surface area contributed by atoms with Crippen molar-refractivity contribution >= 4 is 28.9 Å². The van der Waals surface area contributed by atoms with Crippen LogP contribution in [0.3, 0.4) is 0 Å². The maximum absolute atomic E-state index is 13.1. The van der Waals surface area contributed by atoms with Crippen LogP contribution in [0.4, 0.5) is 17.1 Å². The van der Waals surface area contributed by atoms with E-state index in [4.69, 9.17) is 11.5 Å². The van der Waals surface area contributed by atoms with Gasteiger partial charge in [0.15, 0.2) is 0 Å². The van der Waals surface area contributed by atoms with Gasteiger partial charge in [0.1, 0.15) is 6.54 Å². The molecule has 0 unspecified atom stereocenters. The summed E-state index contributed by atoms with van der Waals surface area (Å²) in [6.45, 7) is 0.212. The smallest absolute Gasteiger partial charge is 0.258 e. The van der Waals surface area contributed by atoms with E-state index >= 15 is 0 Å². The molecule has 0 aromatic heterocycles. The van der Waals surface area contributed by atoms with E-state index in [0.29, 0.717) is 29.2 Å². The van der Waals surface area contributed by atoms with Crippen molar-refractivity contribution in [3.63, 3.8) is 0 Å². The third-order valence-corrected chi connectivity index (χ3v) is 4.22. The van der Waals surface area contributed by atoms with Crippen LogP contribution >= 0.6 is 0 Å². The number of nitrogens with two attached hydrogens (primary N) is 2. The molecule has 0 fully saturated rings. The van der Waals surface area contributed by atoms with Crippen molar-refractivity contribution in [3.8, 4) is 0 Å². The highest BCUT2D eigenvalue weighted by atomic mass is 16.2. The number of benzene rings is 3. The van der Waals surface area contributed by atoms with E-state index in [9.17, 15) is 9.59 Å². The molecule has 0 saturated heterocycles. The quantitative estimate of drug-likeness (QED) is 0.577. The van der Waals surface area contributed by atoms with Gasteiger partial charge in [-0.25, -0.2) is 0 Å². The number of amides is 2. The predicted molar refractivity (Wildman–Crippen MR) is 112 cm³/mol. The Balaban J connectivity index is 1.83. The normalized spacial score (nSPS) is 10.3. The van der Waals surface area contributed by atoms with E-state index in [1.165, 1.54) is 4.90 Å². The first-order chi connectivity index (χ1) is 13.6. The van der Waals surface area contributed by atoms with E-state index in [1.54, 1.807) is 54.6 Å². The Bertz CT molecular complexity index is 956. The number of anilines is 3. The van der Waals surface area contributed by atoms with Crippen molar-refractivity contribution in [2.75, 3.05) is 22.5 Å². The number of carbonyl (C=O) groups excluding carboxylic acids is 2. The number of rotatable bonds is 6. The fourth-order valence-corrected chi connectivity index (χ4v) is 2.79. The third-order valence-electron chi connectivity index (χ3n) is 4.22. The van der Waals surface area contributed by atoms with Gasteiger partial charge in [0, 0.05) is 29.2 Å². The minimum Gasteiger partial charge on any atom is -0.399 e. The molecule has 0 aliphatic heterocycles. The minimum absolute atomic E-state index is 0.125. The first kappa shape index (κ1) is 19.1. The molecule has 142 valence electrons. The monoisotopic (exact) mass is 374 g/mol. The molecular weight excluding hydrogens is 352 g/mol. The summed E-state index contributed by atoms with van der Waals surface area (Å²) < 4.78 is 0. The Hall–Kier alpha value is -3.64. The molecule has 6 heteroatoms. The van der Waals surface area contributed by atoms with Crippen LogP contribution in [-0.2, 0) is 11.3 Å². The molecule has 28 heavy (non-hydrogen) atoms. The van der Waals surface area contributed by atoms with Crippen molar-refractivity contribution in [1.29, 1.82) is 0 Å². The topological polar surface area (TPSA) is 101 Å². The lowest BCUT2D eigenvalue weighted by molar-refractivity contribution is -0.114. The molecule has 0 atom stereocenters. The molecule has 3 aromatic carbocycles. The molecule has 0 heterocycles. The van der Waals surface area contributed by atoms with Gasteiger partial charge in [-0.15, -0.1) is 0 Å². The van der Waals surface area contributed by atoms with Crippen LogP contribution in [0.15, 0.2) is 78.9 Å². The summed E-state index contributed by atoms with van der Waals surface area (Å²) >= 11 is 0. The number of nitrogens with zero attached hydrogens (tertiary/aromatic N) is 1. The molecule has 0 aliphatic carbocycles. The standard InChI is InChI=1S/C22H22N4O2/c23-14-16-5-4-6-17(13-16)22(28)26(20-7-2-1-3-8-20)15-21(27)25-19-11-9-18(24)10-12-19/h1-13H,14-15,23-24H2,(H,25,27). The van der Waals surface area contributed by atoms with E-state index in [1.807, 2.05) is 24.3 Å². The highest BCUT2D eigenvalue weighted by Crippen LogP contribution is 2.18. The maximum Gasteiger partial charge on any atom is 0.258 e. The van der Waals surface area contributed by atoms with Gasteiger partial charge in [-0.2, -0.15) is 0 Å². The van der Waals surface area contributed by atoms with Crippen LogP contribution in [-0.4, -0.2) is 18.4 Å². The van der Waals surface area contributed by atoms with Crippen LogP contribution in [0.25, 0.3) is 0 Å². The summed E-state index contributed by atoms with van der Waals surface area (Å²) in [5.41, 5.74) is 14.5. The SMILES string of the molecule is NCc1cccc(C(=O)N(CC(=O)Nc2ccc(N)cc2)c2ccccc2)c1. The lowest BCUT2D eigenvalue weighted by atomic mass is 10.1. The summed E-state index contributed by atoms with van der Waals surface area (Å²) in [6.07, 6.45) is 0. The van der Waals surface area contributed by atoms with Gasteiger partial charge in [-0.3, -0.25) is 14.5 Å². The van der Waals surface area contributed by atoms with E-state index in [-0.39, 0.29) is 18.4 Å². The average Bonchev–Trinajstić information content (AvgIpc) is 2.74. The summed E-state index contributed by atoms with van der Waals surface area (Å²) in [7, 11) is 0. The number of hydrogen-bond donors (Lipinski definition) is 3.